The molecule has 0 spiro atoms. The lowest BCUT2D eigenvalue weighted by Crippen LogP contribution is -2.48. The van der Waals surface area contributed by atoms with Crippen molar-refractivity contribution in [1.29, 1.82) is 0 Å². The van der Waals surface area contributed by atoms with Gasteiger partial charge in [-0.05, 0) is 20.3 Å². The van der Waals surface area contributed by atoms with Gasteiger partial charge >= 0.3 is 0 Å². The summed E-state index contributed by atoms with van der Waals surface area (Å²) in [6, 6.07) is 0. The van der Waals surface area contributed by atoms with Crippen LogP contribution in [-0.2, 0) is 9.53 Å². The third-order valence-corrected chi connectivity index (χ3v) is 3.02. The first-order chi connectivity index (χ1) is 7.63. The molecule has 3 nitrogen and oxygen atoms in total. The number of hydrogen-bond acceptors (Lipinski definition) is 2. The molecular weight excluding hydrogens is 202 g/mol. The summed E-state index contributed by atoms with van der Waals surface area (Å²) in [6.45, 7) is 7.78. The van der Waals surface area contributed by atoms with Crippen molar-refractivity contribution in [3.63, 3.8) is 0 Å². The zero-order valence-corrected chi connectivity index (χ0v) is 10.9. The van der Waals surface area contributed by atoms with Gasteiger partial charge in [0.25, 0.3) is 0 Å². The van der Waals surface area contributed by atoms with Gasteiger partial charge in [-0.2, -0.15) is 0 Å². The van der Waals surface area contributed by atoms with Crippen LogP contribution in [0.3, 0.4) is 0 Å². The Morgan fingerprint density at radius 1 is 1.19 bits per heavy atom. The predicted molar refractivity (Wildman–Crippen MR) is 65.3 cm³/mol. The highest BCUT2D eigenvalue weighted by atomic mass is 16.5. The molecule has 0 N–H and O–H groups in total. The Hall–Kier alpha value is -0.570. The molecule has 1 rings (SSSR count). The van der Waals surface area contributed by atoms with Crippen LogP contribution in [0.1, 0.15) is 52.9 Å². The number of nitrogens with zero attached hydrogens (tertiary/aromatic N) is 1. The molecule has 0 aromatic heterocycles. The van der Waals surface area contributed by atoms with E-state index < -0.39 is 0 Å². The summed E-state index contributed by atoms with van der Waals surface area (Å²) < 4.78 is 5.62. The van der Waals surface area contributed by atoms with Crippen molar-refractivity contribution in [3.05, 3.63) is 0 Å². The Morgan fingerprint density at radius 3 is 2.38 bits per heavy atom. The van der Waals surface area contributed by atoms with Crippen LogP contribution in [-0.4, -0.2) is 36.1 Å². The van der Waals surface area contributed by atoms with E-state index in [9.17, 15) is 4.79 Å². The van der Waals surface area contributed by atoms with Crippen LogP contribution in [0.15, 0.2) is 0 Å². The fourth-order valence-corrected chi connectivity index (χ4v) is 2.24. The lowest BCUT2D eigenvalue weighted by molar-refractivity contribution is -0.143. The number of amides is 1. The lowest BCUT2D eigenvalue weighted by atomic mass is 10.1. The van der Waals surface area contributed by atoms with Crippen LogP contribution in [0.5, 0.6) is 0 Å². The smallest absolute Gasteiger partial charge is 0.222 e. The van der Waals surface area contributed by atoms with Gasteiger partial charge in [0.1, 0.15) is 0 Å². The van der Waals surface area contributed by atoms with E-state index in [-0.39, 0.29) is 12.2 Å². The van der Waals surface area contributed by atoms with Gasteiger partial charge in [-0.3, -0.25) is 4.79 Å². The fourth-order valence-electron chi connectivity index (χ4n) is 2.24. The molecule has 94 valence electrons. The molecule has 3 heteroatoms. The summed E-state index contributed by atoms with van der Waals surface area (Å²) in [6.07, 6.45) is 5.75. The van der Waals surface area contributed by atoms with Crippen molar-refractivity contribution in [2.45, 2.75) is 65.1 Å². The highest BCUT2D eigenvalue weighted by Gasteiger charge is 2.25. The Labute approximate surface area is 99.1 Å². The van der Waals surface area contributed by atoms with E-state index in [1.165, 1.54) is 19.3 Å². The van der Waals surface area contributed by atoms with Crippen molar-refractivity contribution < 1.29 is 9.53 Å². The quantitative estimate of drug-likeness (QED) is 0.676. The average molecular weight is 227 g/mol. The molecule has 0 bridgehead atoms. The van der Waals surface area contributed by atoms with E-state index in [0.717, 1.165) is 19.5 Å². The molecule has 0 aromatic carbocycles. The molecule has 0 radical (unpaired) electrons. The van der Waals surface area contributed by atoms with Crippen molar-refractivity contribution in [2.75, 3.05) is 13.1 Å². The summed E-state index contributed by atoms with van der Waals surface area (Å²) in [7, 11) is 0. The topological polar surface area (TPSA) is 29.5 Å². The maximum Gasteiger partial charge on any atom is 0.222 e. The molecule has 1 aliphatic rings. The van der Waals surface area contributed by atoms with Crippen molar-refractivity contribution in [1.82, 2.24) is 4.90 Å². The van der Waals surface area contributed by atoms with E-state index in [1.54, 1.807) is 0 Å². The molecular formula is C13H25NO2. The summed E-state index contributed by atoms with van der Waals surface area (Å²) in [5.41, 5.74) is 0. The minimum atomic E-state index is 0.184. The first-order valence-electron chi connectivity index (χ1n) is 6.56. The zero-order chi connectivity index (χ0) is 12.0. The van der Waals surface area contributed by atoms with Gasteiger partial charge < -0.3 is 9.64 Å². The van der Waals surface area contributed by atoms with E-state index in [4.69, 9.17) is 4.74 Å². The number of carbonyl (C=O) groups excluding carboxylic acids is 1. The maximum absolute atomic E-state index is 11.9. The van der Waals surface area contributed by atoms with Crippen molar-refractivity contribution in [2.24, 2.45) is 0 Å². The first kappa shape index (κ1) is 13.5. The lowest BCUT2D eigenvalue weighted by Gasteiger charge is -2.35. The number of unbranched alkanes of at least 4 members (excludes halogenated alkanes) is 3. The zero-order valence-electron chi connectivity index (χ0n) is 10.9. The molecule has 0 aliphatic carbocycles. The molecule has 1 heterocycles. The minimum Gasteiger partial charge on any atom is -0.372 e. The van der Waals surface area contributed by atoms with Gasteiger partial charge in [0.05, 0.1) is 12.2 Å². The highest BCUT2D eigenvalue weighted by Crippen LogP contribution is 2.13. The monoisotopic (exact) mass is 227 g/mol. The summed E-state index contributed by atoms with van der Waals surface area (Å²) >= 11 is 0. The van der Waals surface area contributed by atoms with Gasteiger partial charge in [0.15, 0.2) is 0 Å². The third kappa shape index (κ3) is 4.52. The van der Waals surface area contributed by atoms with Crippen LogP contribution in [0.25, 0.3) is 0 Å². The average Bonchev–Trinajstić information content (AvgIpc) is 2.22. The van der Waals surface area contributed by atoms with E-state index in [2.05, 4.69) is 6.92 Å². The van der Waals surface area contributed by atoms with Crippen LogP contribution < -0.4 is 0 Å². The third-order valence-electron chi connectivity index (χ3n) is 3.02. The molecule has 1 aliphatic heterocycles. The van der Waals surface area contributed by atoms with Crippen molar-refractivity contribution in [3.8, 4) is 0 Å². The first-order valence-corrected chi connectivity index (χ1v) is 6.56. The molecule has 0 aromatic rings. The Kier molecular flexibility index (Phi) is 5.81. The van der Waals surface area contributed by atoms with Gasteiger partial charge in [0.2, 0.25) is 5.91 Å². The fraction of sp³-hybridized carbons (Fsp3) is 0.923. The normalized spacial score (nSPS) is 25.8. The second-order valence-electron chi connectivity index (χ2n) is 4.87. The summed E-state index contributed by atoms with van der Waals surface area (Å²) in [5.74, 6) is 0.304. The molecule has 1 amide bonds. The Balaban J connectivity index is 2.24. The van der Waals surface area contributed by atoms with Gasteiger partial charge in [-0.25, -0.2) is 0 Å². The predicted octanol–water partition coefficient (Wildman–Crippen LogP) is 2.59. The van der Waals surface area contributed by atoms with E-state index in [1.807, 2.05) is 18.7 Å². The molecule has 16 heavy (non-hydrogen) atoms. The molecule has 0 unspecified atom stereocenters. The van der Waals surface area contributed by atoms with Crippen LogP contribution in [0.2, 0.25) is 0 Å². The van der Waals surface area contributed by atoms with E-state index in [0.29, 0.717) is 12.3 Å². The molecule has 2 atom stereocenters. The molecule has 1 saturated heterocycles. The number of rotatable bonds is 5. The van der Waals surface area contributed by atoms with Crippen LogP contribution >= 0.6 is 0 Å². The second kappa shape index (κ2) is 6.89. The van der Waals surface area contributed by atoms with E-state index >= 15 is 0 Å². The number of hydrogen-bond donors (Lipinski definition) is 0. The number of morpholine rings is 1. The second-order valence-corrected chi connectivity index (χ2v) is 4.87. The number of ether oxygens (including phenoxy) is 1. The molecule has 1 fully saturated rings. The van der Waals surface area contributed by atoms with Crippen LogP contribution in [0, 0.1) is 0 Å². The summed E-state index contributed by atoms with van der Waals surface area (Å²) in [4.78, 5) is 13.9. The number of carbonyl (C=O) groups is 1. The Morgan fingerprint density at radius 2 is 1.81 bits per heavy atom. The standard InChI is InChI=1S/C13H25NO2/c1-4-5-6-7-8-13(15)14-9-11(2)16-12(3)10-14/h11-12H,4-10H2,1-3H3/t11-,12-/m1/s1. The highest BCUT2D eigenvalue weighted by molar-refractivity contribution is 5.76. The maximum atomic E-state index is 11.9. The van der Waals surface area contributed by atoms with Crippen LogP contribution in [0.4, 0.5) is 0 Å². The van der Waals surface area contributed by atoms with Gasteiger partial charge in [-0.1, -0.05) is 26.2 Å². The van der Waals surface area contributed by atoms with Crippen molar-refractivity contribution >= 4 is 5.91 Å². The Bertz CT molecular complexity index is 208. The summed E-state index contributed by atoms with van der Waals surface area (Å²) in [5, 5.41) is 0. The van der Waals surface area contributed by atoms with Gasteiger partial charge in [0, 0.05) is 19.5 Å². The van der Waals surface area contributed by atoms with Gasteiger partial charge in [-0.15, -0.1) is 0 Å². The molecule has 0 saturated carbocycles. The SMILES string of the molecule is CCCCCCC(=O)N1C[C@@H](C)O[C@H](C)C1. The largest absolute Gasteiger partial charge is 0.372 e. The minimum absolute atomic E-state index is 0.184.